The van der Waals surface area contributed by atoms with Gasteiger partial charge in [-0.05, 0) is 37.3 Å². The van der Waals surface area contributed by atoms with Crippen molar-refractivity contribution >= 4 is 5.91 Å². The SMILES string of the molecule is CCCC1CCCN(C(=O)c2ccc(C#N)cn2)CC1. The number of likely N-dealkylation sites (tertiary alicyclic amines) is 1. The highest BCUT2D eigenvalue weighted by Crippen LogP contribution is 2.22. The molecular formula is C16H21N3O. The summed E-state index contributed by atoms with van der Waals surface area (Å²) >= 11 is 0. The van der Waals surface area contributed by atoms with Gasteiger partial charge in [0.1, 0.15) is 11.8 Å². The molecule has 2 heterocycles. The molecule has 106 valence electrons. The quantitative estimate of drug-likeness (QED) is 0.849. The van der Waals surface area contributed by atoms with Crippen LogP contribution in [0.3, 0.4) is 0 Å². The summed E-state index contributed by atoms with van der Waals surface area (Å²) in [6.07, 6.45) is 7.33. The summed E-state index contributed by atoms with van der Waals surface area (Å²) in [5.41, 5.74) is 0.929. The van der Waals surface area contributed by atoms with Crippen molar-refractivity contribution < 1.29 is 4.79 Å². The van der Waals surface area contributed by atoms with Crippen molar-refractivity contribution in [2.75, 3.05) is 13.1 Å². The molecule has 0 N–H and O–H groups in total. The summed E-state index contributed by atoms with van der Waals surface area (Å²) < 4.78 is 0. The van der Waals surface area contributed by atoms with Crippen LogP contribution in [-0.4, -0.2) is 28.9 Å². The van der Waals surface area contributed by atoms with Crippen LogP contribution in [0.25, 0.3) is 0 Å². The molecular weight excluding hydrogens is 250 g/mol. The maximum absolute atomic E-state index is 12.4. The highest BCUT2D eigenvalue weighted by atomic mass is 16.2. The van der Waals surface area contributed by atoms with Crippen molar-refractivity contribution in [3.8, 4) is 6.07 Å². The Kier molecular flexibility index (Phi) is 5.11. The molecule has 1 unspecified atom stereocenters. The molecule has 0 radical (unpaired) electrons. The molecule has 20 heavy (non-hydrogen) atoms. The van der Waals surface area contributed by atoms with E-state index in [1.807, 2.05) is 11.0 Å². The van der Waals surface area contributed by atoms with Crippen LogP contribution in [0.2, 0.25) is 0 Å². The molecule has 1 fully saturated rings. The summed E-state index contributed by atoms with van der Waals surface area (Å²) in [5, 5.41) is 8.75. The molecule has 0 spiro atoms. The van der Waals surface area contributed by atoms with Crippen LogP contribution in [0.1, 0.15) is 55.1 Å². The topological polar surface area (TPSA) is 57.0 Å². The zero-order valence-electron chi connectivity index (χ0n) is 12.0. The van der Waals surface area contributed by atoms with Gasteiger partial charge in [0.2, 0.25) is 0 Å². The number of aromatic nitrogens is 1. The van der Waals surface area contributed by atoms with Crippen molar-refractivity contribution in [3.05, 3.63) is 29.6 Å². The molecule has 0 aliphatic carbocycles. The Balaban J connectivity index is 1.99. The summed E-state index contributed by atoms with van der Waals surface area (Å²) in [6, 6.07) is 5.31. The van der Waals surface area contributed by atoms with Crippen LogP contribution < -0.4 is 0 Å². The van der Waals surface area contributed by atoms with Crippen molar-refractivity contribution in [1.82, 2.24) is 9.88 Å². The Morgan fingerprint density at radius 3 is 2.95 bits per heavy atom. The molecule has 4 nitrogen and oxygen atoms in total. The fourth-order valence-corrected chi connectivity index (χ4v) is 2.81. The average molecular weight is 271 g/mol. The van der Waals surface area contributed by atoms with Crippen LogP contribution in [-0.2, 0) is 0 Å². The highest BCUT2D eigenvalue weighted by molar-refractivity contribution is 5.92. The molecule has 1 aliphatic heterocycles. The lowest BCUT2D eigenvalue weighted by atomic mass is 9.96. The number of nitriles is 1. The van der Waals surface area contributed by atoms with E-state index in [0.717, 1.165) is 31.8 Å². The Labute approximate surface area is 120 Å². The normalized spacial score (nSPS) is 19.2. The minimum atomic E-state index is -0.00774. The Bertz CT molecular complexity index is 489. The zero-order chi connectivity index (χ0) is 14.4. The Morgan fingerprint density at radius 1 is 1.45 bits per heavy atom. The van der Waals surface area contributed by atoms with E-state index in [-0.39, 0.29) is 5.91 Å². The molecule has 1 aliphatic rings. The molecule has 0 aromatic carbocycles. The van der Waals surface area contributed by atoms with Gasteiger partial charge in [-0.2, -0.15) is 5.26 Å². The Hall–Kier alpha value is -1.89. The first-order valence-corrected chi connectivity index (χ1v) is 7.40. The summed E-state index contributed by atoms with van der Waals surface area (Å²) in [6.45, 7) is 3.86. The summed E-state index contributed by atoms with van der Waals surface area (Å²) in [4.78, 5) is 18.4. The highest BCUT2D eigenvalue weighted by Gasteiger charge is 2.21. The van der Waals surface area contributed by atoms with Gasteiger partial charge in [0.05, 0.1) is 5.56 Å². The third-order valence-electron chi connectivity index (χ3n) is 3.94. The van der Waals surface area contributed by atoms with Crippen molar-refractivity contribution in [2.45, 2.75) is 39.0 Å². The van der Waals surface area contributed by atoms with Gasteiger partial charge in [0.25, 0.3) is 5.91 Å². The summed E-state index contributed by atoms with van der Waals surface area (Å²) in [5.74, 6) is 0.748. The van der Waals surface area contributed by atoms with Crippen LogP contribution in [0.15, 0.2) is 18.3 Å². The van der Waals surface area contributed by atoms with Gasteiger partial charge in [-0.1, -0.05) is 19.8 Å². The first-order chi connectivity index (χ1) is 9.74. The maximum Gasteiger partial charge on any atom is 0.272 e. The molecule has 1 aromatic heterocycles. The van der Waals surface area contributed by atoms with E-state index in [2.05, 4.69) is 11.9 Å². The number of carbonyl (C=O) groups excluding carboxylic acids is 1. The molecule has 4 heteroatoms. The van der Waals surface area contributed by atoms with Gasteiger partial charge in [-0.25, -0.2) is 4.98 Å². The predicted octanol–water partition coefficient (Wildman–Crippen LogP) is 3.00. The zero-order valence-corrected chi connectivity index (χ0v) is 12.0. The number of hydrogen-bond acceptors (Lipinski definition) is 3. The van der Waals surface area contributed by atoms with Crippen LogP contribution in [0.5, 0.6) is 0 Å². The smallest absolute Gasteiger partial charge is 0.272 e. The van der Waals surface area contributed by atoms with E-state index in [4.69, 9.17) is 5.26 Å². The number of pyridine rings is 1. The predicted molar refractivity (Wildman–Crippen MR) is 77.1 cm³/mol. The number of amides is 1. The van der Waals surface area contributed by atoms with Crippen LogP contribution in [0, 0.1) is 17.2 Å². The molecule has 1 amide bonds. The van der Waals surface area contributed by atoms with Crippen molar-refractivity contribution in [1.29, 1.82) is 5.26 Å². The van der Waals surface area contributed by atoms with Gasteiger partial charge < -0.3 is 4.90 Å². The van der Waals surface area contributed by atoms with E-state index in [1.54, 1.807) is 12.1 Å². The van der Waals surface area contributed by atoms with Crippen molar-refractivity contribution in [2.24, 2.45) is 5.92 Å². The number of carbonyl (C=O) groups is 1. The maximum atomic E-state index is 12.4. The molecule has 1 atom stereocenters. The summed E-state index contributed by atoms with van der Waals surface area (Å²) in [7, 11) is 0. The van der Waals surface area contributed by atoms with Crippen LogP contribution in [0.4, 0.5) is 0 Å². The molecule has 1 saturated heterocycles. The molecule has 1 aromatic rings. The third-order valence-corrected chi connectivity index (χ3v) is 3.94. The van der Waals surface area contributed by atoms with E-state index in [9.17, 15) is 4.79 Å². The fraction of sp³-hybridized carbons (Fsp3) is 0.562. The fourth-order valence-electron chi connectivity index (χ4n) is 2.81. The average Bonchev–Trinajstić information content (AvgIpc) is 2.73. The van der Waals surface area contributed by atoms with Gasteiger partial charge in [-0.15, -0.1) is 0 Å². The monoisotopic (exact) mass is 271 g/mol. The van der Waals surface area contributed by atoms with Crippen molar-refractivity contribution in [3.63, 3.8) is 0 Å². The third kappa shape index (κ3) is 3.57. The second kappa shape index (κ2) is 7.04. The lowest BCUT2D eigenvalue weighted by molar-refractivity contribution is 0.0754. The van der Waals surface area contributed by atoms with E-state index in [1.165, 1.54) is 25.5 Å². The van der Waals surface area contributed by atoms with E-state index < -0.39 is 0 Å². The van der Waals surface area contributed by atoms with Gasteiger partial charge in [0.15, 0.2) is 0 Å². The van der Waals surface area contributed by atoms with Gasteiger partial charge in [0, 0.05) is 19.3 Å². The first kappa shape index (κ1) is 14.5. The largest absolute Gasteiger partial charge is 0.337 e. The minimum Gasteiger partial charge on any atom is -0.337 e. The molecule has 0 bridgehead atoms. The number of rotatable bonds is 3. The van der Waals surface area contributed by atoms with E-state index in [0.29, 0.717) is 11.3 Å². The lowest BCUT2D eigenvalue weighted by Crippen LogP contribution is -2.32. The molecule has 0 saturated carbocycles. The Morgan fingerprint density at radius 2 is 2.30 bits per heavy atom. The lowest BCUT2D eigenvalue weighted by Gasteiger charge is -2.20. The first-order valence-electron chi connectivity index (χ1n) is 7.40. The van der Waals surface area contributed by atoms with Gasteiger partial charge in [-0.3, -0.25) is 4.79 Å². The second-order valence-corrected chi connectivity index (χ2v) is 5.42. The van der Waals surface area contributed by atoms with Gasteiger partial charge >= 0.3 is 0 Å². The number of nitrogens with zero attached hydrogens (tertiary/aromatic N) is 3. The standard InChI is InChI=1S/C16H21N3O/c1-2-4-13-5-3-9-19(10-8-13)16(20)15-7-6-14(11-17)12-18-15/h6-7,12-13H,2-5,8-10H2,1H3. The second-order valence-electron chi connectivity index (χ2n) is 5.42. The number of hydrogen-bond donors (Lipinski definition) is 0. The van der Waals surface area contributed by atoms with E-state index >= 15 is 0 Å². The molecule has 2 rings (SSSR count). The van der Waals surface area contributed by atoms with Crippen LogP contribution >= 0.6 is 0 Å². The minimum absolute atomic E-state index is 0.00774.